The number of rotatable bonds is 5. The lowest BCUT2D eigenvalue weighted by Crippen LogP contribution is -2.39. The molecule has 3 aromatic rings. The van der Waals surface area contributed by atoms with E-state index in [9.17, 15) is 9.59 Å². The van der Waals surface area contributed by atoms with E-state index < -0.39 is 12.0 Å². The fourth-order valence-corrected chi connectivity index (χ4v) is 4.57. The molecular weight excluding hydrogens is 408 g/mol. The van der Waals surface area contributed by atoms with Crippen molar-refractivity contribution in [3.63, 3.8) is 0 Å². The Kier molecular flexibility index (Phi) is 6.09. The Balaban J connectivity index is 1.85. The summed E-state index contributed by atoms with van der Waals surface area (Å²) < 4.78 is 7.45. The van der Waals surface area contributed by atoms with E-state index in [4.69, 9.17) is 4.74 Å². The molecule has 0 fully saturated rings. The van der Waals surface area contributed by atoms with E-state index in [0.29, 0.717) is 20.6 Å². The first kappa shape index (κ1) is 20.8. The van der Waals surface area contributed by atoms with Crippen molar-refractivity contribution in [2.24, 2.45) is 4.99 Å². The zero-order valence-corrected chi connectivity index (χ0v) is 18.1. The number of carbonyl (C=O) groups is 1. The van der Waals surface area contributed by atoms with Crippen LogP contribution in [-0.2, 0) is 9.53 Å². The molecule has 1 unspecified atom stereocenters. The molecule has 156 valence electrons. The maximum absolute atomic E-state index is 13.3. The van der Waals surface area contributed by atoms with Crippen molar-refractivity contribution in [3.8, 4) is 0 Å². The van der Waals surface area contributed by atoms with Crippen molar-refractivity contribution in [3.05, 3.63) is 109 Å². The van der Waals surface area contributed by atoms with Crippen molar-refractivity contribution >= 4 is 29.5 Å². The number of hydrogen-bond donors (Lipinski definition) is 0. The van der Waals surface area contributed by atoms with Crippen molar-refractivity contribution < 1.29 is 9.53 Å². The van der Waals surface area contributed by atoms with E-state index in [0.717, 1.165) is 11.1 Å². The second-order valence-electron chi connectivity index (χ2n) is 7.01. The Morgan fingerprint density at radius 1 is 1.13 bits per heavy atom. The van der Waals surface area contributed by atoms with Crippen molar-refractivity contribution in [1.82, 2.24) is 4.57 Å². The van der Waals surface area contributed by atoms with Gasteiger partial charge in [-0.2, -0.15) is 0 Å². The molecule has 0 amide bonds. The van der Waals surface area contributed by atoms with Gasteiger partial charge in [0.05, 0.1) is 28.5 Å². The molecule has 6 heteroatoms. The highest BCUT2D eigenvalue weighted by Crippen LogP contribution is 2.30. The first-order valence-corrected chi connectivity index (χ1v) is 10.9. The van der Waals surface area contributed by atoms with Crippen LogP contribution in [0.4, 0.5) is 0 Å². The normalized spacial score (nSPS) is 16.3. The zero-order chi connectivity index (χ0) is 21.8. The first-order chi connectivity index (χ1) is 15.1. The molecule has 0 spiro atoms. The Labute approximate surface area is 184 Å². The van der Waals surface area contributed by atoms with Gasteiger partial charge in [-0.05, 0) is 31.1 Å². The zero-order valence-electron chi connectivity index (χ0n) is 17.3. The van der Waals surface area contributed by atoms with E-state index in [1.807, 2.05) is 72.8 Å². The summed E-state index contributed by atoms with van der Waals surface area (Å²) in [5, 5.41) is 0. The molecule has 4 rings (SSSR count). The summed E-state index contributed by atoms with van der Waals surface area (Å²) in [6.45, 7) is 3.81. The Morgan fingerprint density at radius 2 is 1.81 bits per heavy atom. The molecule has 0 aliphatic carbocycles. The smallest absolute Gasteiger partial charge is 0.338 e. The SMILES string of the molecule is CCOC(=O)C1=C(C)N=c2s/c(=C/C=C/c3ccccc3)c(=O)n2C1c1ccccc1. The maximum Gasteiger partial charge on any atom is 0.338 e. The molecule has 5 nitrogen and oxygen atoms in total. The van der Waals surface area contributed by atoms with Crippen LogP contribution in [0.3, 0.4) is 0 Å². The van der Waals surface area contributed by atoms with Gasteiger partial charge in [-0.15, -0.1) is 0 Å². The third-order valence-electron chi connectivity index (χ3n) is 4.97. The summed E-state index contributed by atoms with van der Waals surface area (Å²) in [6, 6.07) is 18.8. The van der Waals surface area contributed by atoms with Crippen LogP contribution >= 0.6 is 11.3 Å². The van der Waals surface area contributed by atoms with E-state index in [1.165, 1.54) is 11.3 Å². The van der Waals surface area contributed by atoms with Crippen LogP contribution in [0.15, 0.2) is 87.8 Å². The summed E-state index contributed by atoms with van der Waals surface area (Å²) in [4.78, 5) is 31.3. The third-order valence-corrected chi connectivity index (χ3v) is 5.97. The molecule has 2 aromatic carbocycles. The lowest BCUT2D eigenvalue weighted by molar-refractivity contribution is -0.139. The van der Waals surface area contributed by atoms with Crippen LogP contribution in [0.25, 0.3) is 12.2 Å². The minimum absolute atomic E-state index is 0.176. The highest BCUT2D eigenvalue weighted by atomic mass is 32.1. The highest BCUT2D eigenvalue weighted by molar-refractivity contribution is 7.07. The van der Waals surface area contributed by atoms with Crippen LogP contribution in [0.5, 0.6) is 0 Å². The summed E-state index contributed by atoms with van der Waals surface area (Å²) in [7, 11) is 0. The van der Waals surface area contributed by atoms with Gasteiger partial charge in [0.25, 0.3) is 5.56 Å². The number of ether oxygens (including phenoxy) is 1. The van der Waals surface area contributed by atoms with Crippen molar-refractivity contribution in [2.45, 2.75) is 19.9 Å². The van der Waals surface area contributed by atoms with E-state index in [1.54, 1.807) is 24.5 Å². The molecule has 0 saturated carbocycles. The quantitative estimate of drug-likeness (QED) is 0.583. The number of thiazole rings is 1. The lowest BCUT2D eigenvalue weighted by atomic mass is 9.96. The summed E-state index contributed by atoms with van der Waals surface area (Å²) in [5.41, 5.74) is 2.68. The minimum Gasteiger partial charge on any atom is -0.463 e. The van der Waals surface area contributed by atoms with Gasteiger partial charge in [-0.1, -0.05) is 84.2 Å². The second kappa shape index (κ2) is 9.10. The Bertz CT molecular complexity index is 1330. The van der Waals surface area contributed by atoms with E-state index >= 15 is 0 Å². The van der Waals surface area contributed by atoms with Crippen LogP contribution in [0.2, 0.25) is 0 Å². The summed E-state index contributed by atoms with van der Waals surface area (Å²) in [5.74, 6) is -0.448. The molecule has 31 heavy (non-hydrogen) atoms. The van der Waals surface area contributed by atoms with Gasteiger partial charge >= 0.3 is 5.97 Å². The number of allylic oxidation sites excluding steroid dienone is 2. The predicted molar refractivity (Wildman–Crippen MR) is 123 cm³/mol. The van der Waals surface area contributed by atoms with Crippen molar-refractivity contribution in [2.75, 3.05) is 6.61 Å². The van der Waals surface area contributed by atoms with Gasteiger partial charge in [0, 0.05) is 0 Å². The number of fused-ring (bicyclic) bond motifs is 1. The number of carbonyl (C=O) groups excluding carboxylic acids is 1. The number of nitrogens with zero attached hydrogens (tertiary/aromatic N) is 2. The number of hydrogen-bond acceptors (Lipinski definition) is 5. The van der Waals surface area contributed by atoms with Gasteiger partial charge in [0.2, 0.25) is 0 Å². The average Bonchev–Trinajstić information content (AvgIpc) is 3.09. The Morgan fingerprint density at radius 3 is 2.48 bits per heavy atom. The van der Waals surface area contributed by atoms with Gasteiger partial charge in [0.15, 0.2) is 4.80 Å². The van der Waals surface area contributed by atoms with Crippen LogP contribution in [-0.4, -0.2) is 17.1 Å². The highest BCUT2D eigenvalue weighted by Gasteiger charge is 2.33. The van der Waals surface area contributed by atoms with Crippen LogP contribution in [0, 0.1) is 0 Å². The maximum atomic E-state index is 13.3. The molecule has 1 atom stereocenters. The standard InChI is InChI=1S/C25H22N2O3S/c1-3-30-24(29)21-17(2)26-25-27(22(21)19-14-8-5-9-15-19)23(28)20(31-25)16-10-13-18-11-6-4-7-12-18/h4-16,22H,3H2,1-2H3/b13-10+,20-16+. The lowest BCUT2D eigenvalue weighted by Gasteiger charge is -2.24. The molecule has 2 heterocycles. The molecule has 1 aliphatic heterocycles. The summed E-state index contributed by atoms with van der Waals surface area (Å²) >= 11 is 1.32. The summed E-state index contributed by atoms with van der Waals surface area (Å²) in [6.07, 6.45) is 5.60. The van der Waals surface area contributed by atoms with E-state index in [-0.39, 0.29) is 12.2 Å². The average molecular weight is 431 g/mol. The van der Waals surface area contributed by atoms with Gasteiger partial charge in [-0.25, -0.2) is 9.79 Å². The number of esters is 1. The predicted octanol–water partition coefficient (Wildman–Crippen LogP) is 3.46. The second-order valence-corrected chi connectivity index (χ2v) is 8.01. The third kappa shape index (κ3) is 4.20. The molecule has 0 saturated heterocycles. The molecule has 0 bridgehead atoms. The molecule has 1 aliphatic rings. The fraction of sp³-hybridized carbons (Fsp3) is 0.160. The number of aromatic nitrogens is 1. The number of benzene rings is 2. The van der Waals surface area contributed by atoms with Crippen molar-refractivity contribution in [1.29, 1.82) is 0 Å². The fourth-order valence-electron chi connectivity index (χ4n) is 3.57. The topological polar surface area (TPSA) is 60.7 Å². The minimum atomic E-state index is -0.572. The van der Waals surface area contributed by atoms with E-state index in [2.05, 4.69) is 4.99 Å². The van der Waals surface area contributed by atoms with Gasteiger partial charge in [0.1, 0.15) is 0 Å². The van der Waals surface area contributed by atoms with Crippen LogP contribution < -0.4 is 14.9 Å². The van der Waals surface area contributed by atoms with Gasteiger partial charge < -0.3 is 4.74 Å². The Hall–Kier alpha value is -3.51. The molecular formula is C25H22N2O3S. The monoisotopic (exact) mass is 430 g/mol. The first-order valence-electron chi connectivity index (χ1n) is 10.1. The largest absolute Gasteiger partial charge is 0.463 e. The molecule has 0 radical (unpaired) electrons. The molecule has 0 N–H and O–H groups in total. The molecule has 1 aromatic heterocycles. The van der Waals surface area contributed by atoms with Crippen LogP contribution in [0.1, 0.15) is 31.0 Å². The van der Waals surface area contributed by atoms with Gasteiger partial charge in [-0.3, -0.25) is 9.36 Å².